The van der Waals surface area contributed by atoms with Crippen molar-refractivity contribution in [2.75, 3.05) is 39.5 Å². The summed E-state index contributed by atoms with van der Waals surface area (Å²) in [7, 11) is 1.63. The van der Waals surface area contributed by atoms with Crippen molar-refractivity contribution in [2.45, 2.75) is 11.8 Å². The Labute approximate surface area is 123 Å². The molecule has 2 rings (SSSR count). The molecule has 1 heterocycles. The van der Waals surface area contributed by atoms with E-state index in [4.69, 9.17) is 20.2 Å². The molecule has 5 nitrogen and oxygen atoms in total. The molecule has 0 spiro atoms. The zero-order valence-corrected chi connectivity index (χ0v) is 12.9. The normalized spacial score (nSPS) is 17.1. The van der Waals surface area contributed by atoms with E-state index in [1.807, 2.05) is 6.92 Å². The van der Waals surface area contributed by atoms with Gasteiger partial charge in [0.25, 0.3) is 9.05 Å². The molecule has 0 amide bonds. The number of rotatable bonds is 5. The van der Waals surface area contributed by atoms with E-state index in [0.717, 1.165) is 38.4 Å². The molecule has 0 N–H and O–H groups in total. The van der Waals surface area contributed by atoms with Gasteiger partial charge in [-0.05, 0) is 24.6 Å². The summed E-state index contributed by atoms with van der Waals surface area (Å²) in [6, 6.07) is 4.96. The standard InChI is InChI=1S/C13H18ClNO4S/c1-11-2-3-12(13(10-11)20(14,16)17)19-9-6-15-4-7-18-8-5-15/h2-3,10H,4-9H2,1H3. The Morgan fingerprint density at radius 2 is 2.05 bits per heavy atom. The lowest BCUT2D eigenvalue weighted by atomic mass is 10.2. The van der Waals surface area contributed by atoms with Gasteiger partial charge in [-0.25, -0.2) is 8.42 Å². The Kier molecular flexibility index (Phi) is 5.26. The quantitative estimate of drug-likeness (QED) is 0.772. The van der Waals surface area contributed by atoms with Crippen LogP contribution in [-0.4, -0.2) is 52.8 Å². The van der Waals surface area contributed by atoms with Gasteiger partial charge in [0.05, 0.1) is 13.2 Å². The first-order valence-electron chi connectivity index (χ1n) is 6.45. The summed E-state index contributed by atoms with van der Waals surface area (Å²) in [6.07, 6.45) is 0. The Morgan fingerprint density at radius 1 is 1.35 bits per heavy atom. The van der Waals surface area contributed by atoms with Crippen LogP contribution in [0.4, 0.5) is 0 Å². The second kappa shape index (κ2) is 6.76. The summed E-state index contributed by atoms with van der Waals surface area (Å²) >= 11 is 0. The highest BCUT2D eigenvalue weighted by atomic mass is 35.7. The molecule has 1 aliphatic rings. The first-order chi connectivity index (χ1) is 9.47. The molecule has 1 saturated heterocycles. The van der Waals surface area contributed by atoms with Gasteiger partial charge in [0, 0.05) is 30.3 Å². The monoisotopic (exact) mass is 319 g/mol. The fraction of sp³-hybridized carbons (Fsp3) is 0.538. The van der Waals surface area contributed by atoms with Gasteiger partial charge < -0.3 is 9.47 Å². The molecule has 0 bridgehead atoms. The van der Waals surface area contributed by atoms with Crippen LogP contribution in [0.15, 0.2) is 23.1 Å². The van der Waals surface area contributed by atoms with Crippen LogP contribution < -0.4 is 4.74 Å². The maximum absolute atomic E-state index is 11.5. The first-order valence-corrected chi connectivity index (χ1v) is 8.76. The average Bonchev–Trinajstić information content (AvgIpc) is 2.40. The molecule has 0 aliphatic carbocycles. The molecule has 0 unspecified atom stereocenters. The Balaban J connectivity index is 1.98. The Bertz CT molecular complexity index is 555. The number of hydrogen-bond acceptors (Lipinski definition) is 5. The molecule has 0 saturated carbocycles. The fourth-order valence-corrected chi connectivity index (χ4v) is 3.09. The zero-order valence-electron chi connectivity index (χ0n) is 11.3. The van der Waals surface area contributed by atoms with Gasteiger partial charge in [0.2, 0.25) is 0 Å². The van der Waals surface area contributed by atoms with E-state index in [1.165, 1.54) is 6.07 Å². The molecule has 1 aromatic carbocycles. The minimum absolute atomic E-state index is 0.0288. The van der Waals surface area contributed by atoms with Crippen LogP contribution in [0.3, 0.4) is 0 Å². The van der Waals surface area contributed by atoms with E-state index >= 15 is 0 Å². The summed E-state index contributed by atoms with van der Waals surface area (Å²) in [4.78, 5) is 2.24. The highest BCUT2D eigenvalue weighted by Gasteiger charge is 2.17. The average molecular weight is 320 g/mol. The van der Waals surface area contributed by atoms with Gasteiger partial charge in [-0.15, -0.1) is 0 Å². The number of aryl methyl sites for hydroxylation is 1. The van der Waals surface area contributed by atoms with E-state index in [-0.39, 0.29) is 4.90 Å². The van der Waals surface area contributed by atoms with Crippen molar-refractivity contribution >= 4 is 19.7 Å². The Morgan fingerprint density at radius 3 is 2.70 bits per heavy atom. The van der Waals surface area contributed by atoms with E-state index < -0.39 is 9.05 Å². The molecular weight excluding hydrogens is 302 g/mol. The second-order valence-corrected chi connectivity index (χ2v) is 7.22. The summed E-state index contributed by atoms with van der Waals surface area (Å²) < 4.78 is 33.9. The third-order valence-corrected chi connectivity index (χ3v) is 4.47. The summed E-state index contributed by atoms with van der Waals surface area (Å²) in [5.74, 6) is 0.304. The van der Waals surface area contributed by atoms with Crippen LogP contribution in [-0.2, 0) is 13.8 Å². The predicted molar refractivity (Wildman–Crippen MR) is 77.0 cm³/mol. The van der Waals surface area contributed by atoms with E-state index in [2.05, 4.69) is 4.90 Å². The van der Waals surface area contributed by atoms with Crippen molar-refractivity contribution in [2.24, 2.45) is 0 Å². The number of morpholine rings is 1. The molecule has 20 heavy (non-hydrogen) atoms. The molecule has 7 heteroatoms. The molecule has 0 radical (unpaired) electrons. The van der Waals surface area contributed by atoms with Gasteiger partial charge in [-0.1, -0.05) is 6.07 Å². The van der Waals surface area contributed by atoms with Crippen LogP contribution in [0, 0.1) is 6.92 Å². The fourth-order valence-electron chi connectivity index (χ4n) is 2.03. The zero-order chi connectivity index (χ0) is 14.6. The van der Waals surface area contributed by atoms with Crippen molar-refractivity contribution in [3.05, 3.63) is 23.8 Å². The topological polar surface area (TPSA) is 55.8 Å². The largest absolute Gasteiger partial charge is 0.491 e. The van der Waals surface area contributed by atoms with E-state index in [1.54, 1.807) is 12.1 Å². The number of halogens is 1. The summed E-state index contributed by atoms with van der Waals surface area (Å²) in [5.41, 5.74) is 0.824. The predicted octanol–water partition coefficient (Wildman–Crippen LogP) is 1.63. The first kappa shape index (κ1) is 15.6. The van der Waals surface area contributed by atoms with Gasteiger partial charge in [-0.2, -0.15) is 0 Å². The van der Waals surface area contributed by atoms with E-state index in [9.17, 15) is 8.42 Å². The third kappa shape index (κ3) is 4.34. The van der Waals surface area contributed by atoms with Crippen molar-refractivity contribution in [3.8, 4) is 5.75 Å². The number of hydrogen-bond donors (Lipinski definition) is 0. The number of nitrogens with zero attached hydrogens (tertiary/aromatic N) is 1. The lowest BCUT2D eigenvalue weighted by Crippen LogP contribution is -2.38. The summed E-state index contributed by atoms with van der Waals surface area (Å²) in [6.45, 7) is 6.16. The van der Waals surface area contributed by atoms with Crippen LogP contribution in [0.2, 0.25) is 0 Å². The molecule has 1 aliphatic heterocycles. The SMILES string of the molecule is Cc1ccc(OCCN2CCOCC2)c(S(=O)(=O)Cl)c1. The van der Waals surface area contributed by atoms with E-state index in [0.29, 0.717) is 12.4 Å². The van der Waals surface area contributed by atoms with Crippen molar-refractivity contribution in [1.29, 1.82) is 0 Å². The van der Waals surface area contributed by atoms with Crippen molar-refractivity contribution in [3.63, 3.8) is 0 Å². The molecule has 112 valence electrons. The van der Waals surface area contributed by atoms with Gasteiger partial charge in [-0.3, -0.25) is 4.90 Å². The highest BCUT2D eigenvalue weighted by molar-refractivity contribution is 8.13. The second-order valence-electron chi connectivity index (χ2n) is 4.69. The minimum Gasteiger partial charge on any atom is -0.491 e. The van der Waals surface area contributed by atoms with Gasteiger partial charge in [0.1, 0.15) is 17.3 Å². The molecule has 0 aromatic heterocycles. The lowest BCUT2D eigenvalue weighted by molar-refractivity contribution is 0.0321. The molecule has 1 fully saturated rings. The van der Waals surface area contributed by atoms with Gasteiger partial charge in [0.15, 0.2) is 0 Å². The van der Waals surface area contributed by atoms with Crippen molar-refractivity contribution < 1.29 is 17.9 Å². The van der Waals surface area contributed by atoms with Crippen molar-refractivity contribution in [1.82, 2.24) is 4.90 Å². The van der Waals surface area contributed by atoms with Crippen LogP contribution >= 0.6 is 10.7 Å². The maximum atomic E-state index is 11.5. The lowest BCUT2D eigenvalue weighted by Gasteiger charge is -2.26. The number of benzene rings is 1. The van der Waals surface area contributed by atoms with Gasteiger partial charge >= 0.3 is 0 Å². The van der Waals surface area contributed by atoms with Crippen LogP contribution in [0.1, 0.15) is 5.56 Å². The van der Waals surface area contributed by atoms with Crippen LogP contribution in [0.5, 0.6) is 5.75 Å². The molecule has 0 atom stereocenters. The maximum Gasteiger partial charge on any atom is 0.264 e. The molecule has 1 aromatic rings. The smallest absolute Gasteiger partial charge is 0.264 e. The number of ether oxygens (including phenoxy) is 2. The Hall–Kier alpha value is -0.820. The summed E-state index contributed by atoms with van der Waals surface area (Å²) in [5, 5.41) is 0. The van der Waals surface area contributed by atoms with Crippen LogP contribution in [0.25, 0.3) is 0 Å². The molecular formula is C13H18ClNO4S. The minimum atomic E-state index is -3.80. The highest BCUT2D eigenvalue weighted by Crippen LogP contribution is 2.27. The third-order valence-electron chi connectivity index (χ3n) is 3.13.